The van der Waals surface area contributed by atoms with Crippen LogP contribution in [0, 0.1) is 0 Å². The topological polar surface area (TPSA) is 55.8 Å². The Morgan fingerprint density at radius 2 is 2.31 bits per heavy atom. The van der Waals surface area contributed by atoms with Crippen molar-refractivity contribution in [2.45, 2.75) is 25.6 Å². The lowest BCUT2D eigenvalue weighted by atomic mass is 10.1. The van der Waals surface area contributed by atoms with E-state index in [1.807, 2.05) is 6.92 Å². The zero-order chi connectivity index (χ0) is 11.8. The van der Waals surface area contributed by atoms with E-state index in [-0.39, 0.29) is 11.2 Å². The van der Waals surface area contributed by atoms with Crippen LogP contribution in [0.15, 0.2) is 23.0 Å². The third-order valence-electron chi connectivity index (χ3n) is 2.78. The van der Waals surface area contributed by atoms with E-state index in [2.05, 4.69) is 0 Å². The summed E-state index contributed by atoms with van der Waals surface area (Å²) in [4.78, 5) is 11.6. The highest BCUT2D eigenvalue weighted by Gasteiger charge is 2.37. The fourth-order valence-corrected chi connectivity index (χ4v) is 1.83. The van der Waals surface area contributed by atoms with Gasteiger partial charge in [0, 0.05) is 18.4 Å². The van der Waals surface area contributed by atoms with Crippen molar-refractivity contribution in [2.75, 3.05) is 7.11 Å². The minimum absolute atomic E-state index is 0.157. The summed E-state index contributed by atoms with van der Waals surface area (Å²) in [6, 6.07) is 4.84. The van der Waals surface area contributed by atoms with Crippen molar-refractivity contribution in [2.24, 2.45) is 0 Å². The second kappa shape index (κ2) is 3.79. The Bertz CT molecular complexity index is 469. The van der Waals surface area contributed by atoms with Crippen LogP contribution >= 0.6 is 0 Å². The molecular weight excluding hydrogens is 208 g/mol. The van der Waals surface area contributed by atoms with Crippen molar-refractivity contribution in [3.8, 4) is 11.5 Å². The van der Waals surface area contributed by atoms with E-state index in [1.54, 1.807) is 12.1 Å². The summed E-state index contributed by atoms with van der Waals surface area (Å²) >= 11 is 0. The number of aliphatic hydroxyl groups is 1. The maximum Gasteiger partial charge on any atom is 0.224 e. The predicted molar refractivity (Wildman–Crippen MR) is 58.8 cm³/mol. The van der Waals surface area contributed by atoms with E-state index >= 15 is 0 Å². The molecule has 1 aromatic carbocycles. The zero-order valence-corrected chi connectivity index (χ0v) is 9.32. The van der Waals surface area contributed by atoms with Gasteiger partial charge in [0.2, 0.25) is 17.0 Å². The van der Waals surface area contributed by atoms with Gasteiger partial charge < -0.3 is 14.6 Å². The molecule has 1 N–H and O–H groups in total. The summed E-state index contributed by atoms with van der Waals surface area (Å²) in [6.45, 7) is 1.83. The van der Waals surface area contributed by atoms with Gasteiger partial charge in [-0.05, 0) is 6.07 Å². The molecule has 0 bridgehead atoms. The van der Waals surface area contributed by atoms with Crippen molar-refractivity contribution < 1.29 is 14.6 Å². The maximum atomic E-state index is 11.6. The van der Waals surface area contributed by atoms with Gasteiger partial charge in [-0.1, -0.05) is 19.1 Å². The normalized spacial score (nSPS) is 22.4. The molecule has 0 saturated carbocycles. The smallest absolute Gasteiger partial charge is 0.224 e. The van der Waals surface area contributed by atoms with E-state index in [4.69, 9.17) is 9.47 Å². The maximum absolute atomic E-state index is 11.6. The number of methoxy groups -OCH3 is 1. The molecule has 0 radical (unpaired) electrons. The lowest BCUT2D eigenvalue weighted by Crippen LogP contribution is -2.32. The third-order valence-corrected chi connectivity index (χ3v) is 2.78. The largest absolute Gasteiger partial charge is 0.490 e. The summed E-state index contributed by atoms with van der Waals surface area (Å²) < 4.78 is 10.5. The molecule has 0 unspecified atom stereocenters. The first-order chi connectivity index (χ1) is 7.59. The van der Waals surface area contributed by atoms with E-state index in [0.717, 1.165) is 5.56 Å². The van der Waals surface area contributed by atoms with Crippen LogP contribution in [0.5, 0.6) is 11.5 Å². The van der Waals surface area contributed by atoms with Crippen molar-refractivity contribution in [3.63, 3.8) is 0 Å². The first-order valence-corrected chi connectivity index (χ1v) is 5.21. The van der Waals surface area contributed by atoms with Crippen LogP contribution in [0.4, 0.5) is 0 Å². The summed E-state index contributed by atoms with van der Waals surface area (Å²) in [5.74, 6) is -0.692. The minimum Gasteiger partial charge on any atom is -0.490 e. The second-order valence-electron chi connectivity index (χ2n) is 3.86. The van der Waals surface area contributed by atoms with Crippen molar-refractivity contribution in [3.05, 3.63) is 34.0 Å². The van der Waals surface area contributed by atoms with Crippen molar-refractivity contribution >= 4 is 0 Å². The van der Waals surface area contributed by atoms with E-state index in [0.29, 0.717) is 18.6 Å². The standard InChI is InChI=1S/C12H14O4/c1-3-12(14)7-8-5-4-6-9(13)11(15-2)10(8)16-12/h4-6,14H,3,7H2,1-2H3/t12-/m1/s1. The van der Waals surface area contributed by atoms with Crippen LogP contribution in [-0.2, 0) is 6.42 Å². The molecule has 1 atom stereocenters. The van der Waals surface area contributed by atoms with Gasteiger partial charge in [-0.3, -0.25) is 4.79 Å². The quantitative estimate of drug-likeness (QED) is 0.813. The van der Waals surface area contributed by atoms with Crippen LogP contribution in [0.1, 0.15) is 18.9 Å². The Labute approximate surface area is 93.4 Å². The SMILES string of the molecule is CC[C@]1(O)Cc2cccc(=O)c(OC)c2O1. The van der Waals surface area contributed by atoms with Gasteiger partial charge in [-0.25, -0.2) is 0 Å². The van der Waals surface area contributed by atoms with E-state index in [9.17, 15) is 9.90 Å². The molecule has 1 aliphatic heterocycles. The molecule has 0 fully saturated rings. The highest BCUT2D eigenvalue weighted by atomic mass is 16.6. The molecule has 16 heavy (non-hydrogen) atoms. The molecule has 1 aromatic rings. The Morgan fingerprint density at radius 1 is 1.56 bits per heavy atom. The monoisotopic (exact) mass is 222 g/mol. The molecule has 2 rings (SSSR count). The molecule has 86 valence electrons. The number of rotatable bonds is 2. The highest BCUT2D eigenvalue weighted by Crippen LogP contribution is 2.39. The van der Waals surface area contributed by atoms with Crippen molar-refractivity contribution in [1.82, 2.24) is 0 Å². The lowest BCUT2D eigenvalue weighted by molar-refractivity contribution is -0.123. The van der Waals surface area contributed by atoms with Gasteiger partial charge in [0.05, 0.1) is 7.11 Å². The number of fused-ring (bicyclic) bond motifs is 1. The minimum atomic E-state index is -1.21. The Morgan fingerprint density at radius 3 is 2.94 bits per heavy atom. The molecule has 0 saturated heterocycles. The molecule has 0 aliphatic carbocycles. The molecule has 0 spiro atoms. The molecule has 1 heterocycles. The highest BCUT2D eigenvalue weighted by molar-refractivity contribution is 5.48. The zero-order valence-electron chi connectivity index (χ0n) is 9.32. The second-order valence-corrected chi connectivity index (χ2v) is 3.86. The first-order valence-electron chi connectivity index (χ1n) is 5.21. The van der Waals surface area contributed by atoms with Crippen LogP contribution in [-0.4, -0.2) is 18.0 Å². The third kappa shape index (κ3) is 1.65. The Hall–Kier alpha value is -1.55. The van der Waals surface area contributed by atoms with Gasteiger partial charge in [-0.2, -0.15) is 0 Å². The average Bonchev–Trinajstić information content (AvgIpc) is 2.51. The number of hydrogen-bond acceptors (Lipinski definition) is 4. The van der Waals surface area contributed by atoms with Crippen LogP contribution < -0.4 is 14.9 Å². The molecular formula is C12H14O4. The summed E-state index contributed by atoms with van der Waals surface area (Å²) in [7, 11) is 1.42. The average molecular weight is 222 g/mol. The number of hydrogen-bond donors (Lipinski definition) is 1. The predicted octanol–water partition coefficient (Wildman–Crippen LogP) is 1.09. The van der Waals surface area contributed by atoms with Gasteiger partial charge >= 0.3 is 0 Å². The lowest BCUT2D eigenvalue weighted by Gasteiger charge is -2.20. The molecule has 0 aromatic heterocycles. The number of ether oxygens (including phenoxy) is 2. The Balaban J connectivity index is 2.59. The van der Waals surface area contributed by atoms with Crippen LogP contribution in [0.2, 0.25) is 0 Å². The fourth-order valence-electron chi connectivity index (χ4n) is 1.83. The van der Waals surface area contributed by atoms with Gasteiger partial charge in [0.25, 0.3) is 0 Å². The summed E-state index contributed by atoms with van der Waals surface area (Å²) in [5, 5.41) is 10.0. The van der Waals surface area contributed by atoms with Gasteiger partial charge in [0.15, 0.2) is 5.75 Å². The Kier molecular flexibility index (Phi) is 2.59. The van der Waals surface area contributed by atoms with E-state index < -0.39 is 5.79 Å². The van der Waals surface area contributed by atoms with E-state index in [1.165, 1.54) is 13.2 Å². The first kappa shape index (κ1) is 11.0. The molecule has 4 heteroatoms. The van der Waals surface area contributed by atoms with Crippen LogP contribution in [0.25, 0.3) is 0 Å². The molecule has 4 nitrogen and oxygen atoms in total. The fraction of sp³-hybridized carbons (Fsp3) is 0.417. The van der Waals surface area contributed by atoms with Gasteiger partial charge in [-0.15, -0.1) is 0 Å². The molecule has 1 aliphatic rings. The summed E-state index contributed by atoms with van der Waals surface area (Å²) in [5.41, 5.74) is 0.549. The molecule has 0 amide bonds. The van der Waals surface area contributed by atoms with Crippen molar-refractivity contribution in [1.29, 1.82) is 0 Å². The summed E-state index contributed by atoms with van der Waals surface area (Å²) in [6.07, 6.45) is 0.839. The van der Waals surface area contributed by atoms with Gasteiger partial charge in [0.1, 0.15) is 0 Å². The van der Waals surface area contributed by atoms with Crippen LogP contribution in [0.3, 0.4) is 0 Å².